The van der Waals surface area contributed by atoms with Gasteiger partial charge in [-0.2, -0.15) is 0 Å². The van der Waals surface area contributed by atoms with Gasteiger partial charge >= 0.3 is 0 Å². The zero-order valence-corrected chi connectivity index (χ0v) is 12.9. The number of rotatable bonds is 6. The van der Waals surface area contributed by atoms with E-state index in [1.54, 1.807) is 36.4 Å². The zero-order chi connectivity index (χ0) is 16.1. The van der Waals surface area contributed by atoms with Gasteiger partial charge in [0.1, 0.15) is 5.78 Å². The molecule has 22 heavy (non-hydrogen) atoms. The molecule has 0 aliphatic carbocycles. The van der Waals surface area contributed by atoms with Gasteiger partial charge in [-0.3, -0.25) is 14.4 Å². The minimum Gasteiger partial charge on any atom is -0.299 e. The SMILES string of the molecule is Cc1ccc(C(=O)CC(=O)CC(=O)c2ccccc2Cl)cc1. The van der Waals surface area contributed by atoms with Crippen LogP contribution in [0.25, 0.3) is 0 Å². The third-order valence-electron chi connectivity index (χ3n) is 3.26. The number of benzene rings is 2. The van der Waals surface area contributed by atoms with Crippen LogP contribution >= 0.6 is 11.6 Å². The lowest BCUT2D eigenvalue weighted by atomic mass is 10.00. The van der Waals surface area contributed by atoms with Crippen molar-refractivity contribution in [1.29, 1.82) is 0 Å². The number of hydrogen-bond acceptors (Lipinski definition) is 3. The van der Waals surface area contributed by atoms with Crippen molar-refractivity contribution in [3.05, 3.63) is 70.2 Å². The van der Waals surface area contributed by atoms with E-state index in [0.717, 1.165) is 5.56 Å². The van der Waals surface area contributed by atoms with Gasteiger partial charge in [0, 0.05) is 11.1 Å². The Labute approximate surface area is 133 Å². The van der Waals surface area contributed by atoms with Crippen LogP contribution in [0, 0.1) is 6.92 Å². The maximum atomic E-state index is 12.0. The third kappa shape index (κ3) is 4.12. The van der Waals surface area contributed by atoms with Crippen LogP contribution < -0.4 is 0 Å². The van der Waals surface area contributed by atoms with Gasteiger partial charge in [0.05, 0.1) is 17.9 Å². The van der Waals surface area contributed by atoms with Crippen LogP contribution in [0.1, 0.15) is 39.1 Å². The van der Waals surface area contributed by atoms with Crippen molar-refractivity contribution in [2.45, 2.75) is 19.8 Å². The van der Waals surface area contributed by atoms with Crippen molar-refractivity contribution in [2.75, 3.05) is 0 Å². The summed E-state index contributed by atoms with van der Waals surface area (Å²) in [7, 11) is 0. The molecule has 0 fully saturated rings. The zero-order valence-electron chi connectivity index (χ0n) is 12.1. The van der Waals surface area contributed by atoms with Crippen molar-refractivity contribution in [2.24, 2.45) is 0 Å². The Balaban J connectivity index is 1.98. The van der Waals surface area contributed by atoms with Crippen molar-refractivity contribution < 1.29 is 14.4 Å². The molecule has 4 heteroatoms. The molecule has 3 nitrogen and oxygen atoms in total. The molecule has 0 aromatic heterocycles. The molecule has 0 spiro atoms. The van der Waals surface area contributed by atoms with Gasteiger partial charge in [-0.05, 0) is 19.1 Å². The van der Waals surface area contributed by atoms with E-state index in [1.165, 1.54) is 0 Å². The van der Waals surface area contributed by atoms with Gasteiger partial charge in [-0.15, -0.1) is 0 Å². The van der Waals surface area contributed by atoms with Crippen molar-refractivity contribution >= 4 is 29.0 Å². The van der Waals surface area contributed by atoms with Gasteiger partial charge < -0.3 is 0 Å². The van der Waals surface area contributed by atoms with Crippen LogP contribution in [-0.4, -0.2) is 17.3 Å². The van der Waals surface area contributed by atoms with Gasteiger partial charge in [0.25, 0.3) is 0 Å². The van der Waals surface area contributed by atoms with Crippen LogP contribution in [0.15, 0.2) is 48.5 Å². The number of carbonyl (C=O) groups is 3. The average molecular weight is 315 g/mol. The van der Waals surface area contributed by atoms with Crippen LogP contribution in [0.5, 0.6) is 0 Å². The van der Waals surface area contributed by atoms with Gasteiger partial charge in [0.15, 0.2) is 11.6 Å². The molecule has 0 saturated heterocycles. The average Bonchev–Trinajstić information content (AvgIpc) is 2.48. The lowest BCUT2D eigenvalue weighted by Gasteiger charge is -2.03. The quantitative estimate of drug-likeness (QED) is 0.596. The van der Waals surface area contributed by atoms with Crippen molar-refractivity contribution in [1.82, 2.24) is 0 Å². The molecule has 2 aromatic rings. The molecule has 0 atom stereocenters. The first-order valence-corrected chi connectivity index (χ1v) is 7.24. The summed E-state index contributed by atoms with van der Waals surface area (Å²) < 4.78 is 0. The smallest absolute Gasteiger partial charge is 0.171 e. The standard InChI is InChI=1S/C18H15ClO3/c1-12-6-8-13(9-7-12)17(21)10-14(20)11-18(22)15-4-2-3-5-16(15)19/h2-9H,10-11H2,1H3. The van der Waals surface area contributed by atoms with E-state index in [0.29, 0.717) is 16.1 Å². The summed E-state index contributed by atoms with van der Waals surface area (Å²) in [6, 6.07) is 13.5. The third-order valence-corrected chi connectivity index (χ3v) is 3.59. The Morgan fingerprint density at radius 1 is 0.864 bits per heavy atom. The first-order valence-electron chi connectivity index (χ1n) is 6.86. The fourth-order valence-electron chi connectivity index (χ4n) is 2.04. The molecule has 112 valence electrons. The second-order valence-electron chi connectivity index (χ2n) is 5.08. The summed E-state index contributed by atoms with van der Waals surface area (Å²) in [4.78, 5) is 35.9. The highest BCUT2D eigenvalue weighted by molar-refractivity contribution is 6.34. The number of halogens is 1. The minimum atomic E-state index is -0.407. The largest absolute Gasteiger partial charge is 0.299 e. The van der Waals surface area contributed by atoms with E-state index < -0.39 is 5.78 Å². The van der Waals surface area contributed by atoms with Crippen LogP contribution in [0.3, 0.4) is 0 Å². The second kappa shape index (κ2) is 7.14. The second-order valence-corrected chi connectivity index (χ2v) is 5.49. The lowest BCUT2D eigenvalue weighted by molar-refractivity contribution is -0.117. The minimum absolute atomic E-state index is 0.279. The van der Waals surface area contributed by atoms with E-state index in [4.69, 9.17) is 11.6 Å². The van der Waals surface area contributed by atoms with Crippen molar-refractivity contribution in [3.63, 3.8) is 0 Å². The molecule has 0 N–H and O–H groups in total. The Kier molecular flexibility index (Phi) is 5.23. The van der Waals surface area contributed by atoms with Gasteiger partial charge in [-0.1, -0.05) is 53.6 Å². The summed E-state index contributed by atoms with van der Waals surface area (Å²) in [5, 5.41) is 0.310. The number of hydrogen-bond donors (Lipinski definition) is 0. The monoisotopic (exact) mass is 314 g/mol. The first-order chi connectivity index (χ1) is 10.5. The highest BCUT2D eigenvalue weighted by atomic mass is 35.5. The Hall–Kier alpha value is -2.26. The molecular weight excluding hydrogens is 300 g/mol. The normalized spacial score (nSPS) is 10.3. The molecular formula is C18H15ClO3. The van der Waals surface area contributed by atoms with E-state index in [-0.39, 0.29) is 24.4 Å². The highest BCUT2D eigenvalue weighted by Gasteiger charge is 2.17. The summed E-state index contributed by atoms with van der Waals surface area (Å²) >= 11 is 5.92. The molecule has 2 rings (SSSR count). The van der Waals surface area contributed by atoms with E-state index in [2.05, 4.69) is 0 Å². The fourth-order valence-corrected chi connectivity index (χ4v) is 2.29. The van der Waals surface area contributed by atoms with E-state index in [9.17, 15) is 14.4 Å². The molecule has 0 amide bonds. The summed E-state index contributed by atoms with van der Waals surface area (Å²) in [5.74, 6) is -1.06. The van der Waals surface area contributed by atoms with Crippen LogP contribution in [-0.2, 0) is 4.79 Å². The molecule has 0 aliphatic rings. The molecule has 0 saturated carbocycles. The molecule has 0 aliphatic heterocycles. The molecule has 0 radical (unpaired) electrons. The fraction of sp³-hybridized carbons (Fsp3) is 0.167. The van der Waals surface area contributed by atoms with Gasteiger partial charge in [0.2, 0.25) is 0 Å². The maximum absolute atomic E-state index is 12.0. The lowest BCUT2D eigenvalue weighted by Crippen LogP contribution is -2.13. The molecule has 0 heterocycles. The summed E-state index contributed by atoms with van der Waals surface area (Å²) in [6.07, 6.45) is -0.597. The molecule has 0 unspecified atom stereocenters. The Morgan fingerprint density at radius 2 is 1.45 bits per heavy atom. The number of Topliss-reactive ketones (excluding diaryl/α,β-unsaturated/α-hetero) is 3. The predicted molar refractivity (Wildman–Crippen MR) is 85.5 cm³/mol. The molecule has 2 aromatic carbocycles. The first kappa shape index (κ1) is 16.1. The number of carbonyl (C=O) groups excluding carboxylic acids is 3. The number of aryl methyl sites for hydroxylation is 1. The van der Waals surface area contributed by atoms with Crippen molar-refractivity contribution in [3.8, 4) is 0 Å². The van der Waals surface area contributed by atoms with E-state index >= 15 is 0 Å². The molecule has 0 bridgehead atoms. The Bertz CT molecular complexity index is 717. The summed E-state index contributed by atoms with van der Waals surface area (Å²) in [5.41, 5.74) is 1.82. The van der Waals surface area contributed by atoms with Crippen LogP contribution in [0.4, 0.5) is 0 Å². The van der Waals surface area contributed by atoms with E-state index in [1.807, 2.05) is 19.1 Å². The highest BCUT2D eigenvalue weighted by Crippen LogP contribution is 2.17. The maximum Gasteiger partial charge on any atom is 0.171 e. The van der Waals surface area contributed by atoms with Crippen LogP contribution in [0.2, 0.25) is 5.02 Å². The number of ketones is 3. The Morgan fingerprint density at radius 3 is 2.09 bits per heavy atom. The van der Waals surface area contributed by atoms with Gasteiger partial charge in [-0.25, -0.2) is 0 Å². The summed E-state index contributed by atoms with van der Waals surface area (Å²) in [6.45, 7) is 1.92. The predicted octanol–water partition coefficient (Wildman–Crippen LogP) is 4.06. The topological polar surface area (TPSA) is 51.2 Å².